The minimum absolute atomic E-state index is 0.912. The van der Waals surface area contributed by atoms with Gasteiger partial charge in [0.2, 0.25) is 0 Å². The highest BCUT2D eigenvalue weighted by atomic mass is 16.3. The van der Waals surface area contributed by atoms with E-state index in [2.05, 4.69) is 146 Å². The molecule has 0 saturated carbocycles. The molecular formula is C46H26O2. The Bertz CT molecular complexity index is 3010. The largest absolute Gasteiger partial charge is 0.456 e. The van der Waals surface area contributed by atoms with Crippen LogP contribution < -0.4 is 0 Å². The molecule has 2 heteroatoms. The first-order chi connectivity index (χ1) is 23.8. The fraction of sp³-hybridized carbons (Fsp3) is 0. The molecule has 0 aliphatic heterocycles. The van der Waals surface area contributed by atoms with Crippen molar-refractivity contribution in [1.29, 1.82) is 0 Å². The monoisotopic (exact) mass is 610 g/mol. The molecule has 0 atom stereocenters. The van der Waals surface area contributed by atoms with Crippen molar-refractivity contribution in [2.45, 2.75) is 0 Å². The molecular weight excluding hydrogens is 585 g/mol. The van der Waals surface area contributed by atoms with Crippen molar-refractivity contribution in [3.8, 4) is 33.4 Å². The van der Waals surface area contributed by atoms with Crippen LogP contribution in [0.2, 0.25) is 0 Å². The molecule has 2 aromatic heterocycles. The maximum atomic E-state index is 6.45. The molecule has 9 aromatic carbocycles. The van der Waals surface area contributed by atoms with E-state index < -0.39 is 0 Å². The van der Waals surface area contributed by atoms with Gasteiger partial charge in [-0.3, -0.25) is 0 Å². The molecule has 2 heterocycles. The summed E-state index contributed by atoms with van der Waals surface area (Å²) < 4.78 is 12.8. The second-order valence-corrected chi connectivity index (χ2v) is 12.8. The lowest BCUT2D eigenvalue weighted by molar-refractivity contribution is 0.669. The van der Waals surface area contributed by atoms with Gasteiger partial charge in [0, 0.05) is 27.1 Å². The summed E-state index contributed by atoms with van der Waals surface area (Å²) in [5.41, 5.74) is 10.8. The molecule has 0 spiro atoms. The minimum Gasteiger partial charge on any atom is -0.456 e. The van der Waals surface area contributed by atoms with Gasteiger partial charge in [0.15, 0.2) is 0 Å². The molecule has 0 unspecified atom stereocenters. The van der Waals surface area contributed by atoms with Gasteiger partial charge in [-0.25, -0.2) is 0 Å². The molecule has 48 heavy (non-hydrogen) atoms. The molecule has 0 fully saturated rings. The van der Waals surface area contributed by atoms with E-state index in [1.54, 1.807) is 0 Å². The quantitative estimate of drug-likeness (QED) is 0.147. The van der Waals surface area contributed by atoms with Crippen LogP contribution in [0.3, 0.4) is 0 Å². The highest BCUT2D eigenvalue weighted by molar-refractivity contribution is 6.28. The zero-order valence-corrected chi connectivity index (χ0v) is 25.8. The molecule has 2 nitrogen and oxygen atoms in total. The lowest BCUT2D eigenvalue weighted by Crippen LogP contribution is -1.92. The van der Waals surface area contributed by atoms with Crippen LogP contribution >= 0.6 is 0 Å². The van der Waals surface area contributed by atoms with Gasteiger partial charge < -0.3 is 8.83 Å². The van der Waals surface area contributed by atoms with Crippen LogP contribution in [0.25, 0.3) is 110 Å². The molecule has 0 aliphatic rings. The summed E-state index contributed by atoms with van der Waals surface area (Å²) in [5, 5.41) is 12.0. The Morgan fingerprint density at radius 1 is 0.312 bits per heavy atom. The molecule has 222 valence electrons. The van der Waals surface area contributed by atoms with Crippen molar-refractivity contribution in [2.75, 3.05) is 0 Å². The van der Waals surface area contributed by atoms with Crippen molar-refractivity contribution in [3.05, 3.63) is 158 Å². The zero-order valence-electron chi connectivity index (χ0n) is 25.8. The summed E-state index contributed by atoms with van der Waals surface area (Å²) >= 11 is 0. The van der Waals surface area contributed by atoms with Crippen LogP contribution in [-0.2, 0) is 0 Å². The van der Waals surface area contributed by atoms with E-state index in [0.29, 0.717) is 0 Å². The van der Waals surface area contributed by atoms with E-state index in [9.17, 15) is 0 Å². The van der Waals surface area contributed by atoms with Gasteiger partial charge in [0.05, 0.1) is 0 Å². The third kappa shape index (κ3) is 3.46. The molecule has 0 saturated heterocycles. The normalized spacial score (nSPS) is 12.2. The topological polar surface area (TPSA) is 26.3 Å². The predicted molar refractivity (Wildman–Crippen MR) is 201 cm³/mol. The number of fused-ring (bicyclic) bond motifs is 5. The molecule has 11 rings (SSSR count). The number of hydrogen-bond acceptors (Lipinski definition) is 2. The van der Waals surface area contributed by atoms with Crippen molar-refractivity contribution in [2.24, 2.45) is 0 Å². The molecule has 0 N–H and O–H groups in total. The summed E-state index contributed by atoms with van der Waals surface area (Å²) in [6, 6.07) is 56.7. The van der Waals surface area contributed by atoms with Crippen molar-refractivity contribution < 1.29 is 8.83 Å². The van der Waals surface area contributed by atoms with Gasteiger partial charge in [-0.1, -0.05) is 127 Å². The summed E-state index contributed by atoms with van der Waals surface area (Å²) in [7, 11) is 0. The third-order valence-electron chi connectivity index (χ3n) is 10.2. The Morgan fingerprint density at radius 2 is 0.938 bits per heavy atom. The number of para-hydroxylation sites is 2. The van der Waals surface area contributed by atoms with Gasteiger partial charge in [-0.05, 0) is 90.5 Å². The fourth-order valence-electron chi connectivity index (χ4n) is 8.21. The Labute approximate surface area is 275 Å². The van der Waals surface area contributed by atoms with Gasteiger partial charge in [-0.2, -0.15) is 0 Å². The Hall–Kier alpha value is -6.38. The average Bonchev–Trinajstić information content (AvgIpc) is 3.72. The molecule has 0 bridgehead atoms. The standard InChI is InChI=1S/C46H26O2/c1-3-16-34-32(14-1)42(29-12-7-11-28(26-29)30-18-9-19-38-31-13-5-6-20-39(31)48-46(30)38)33-15-2-4-17-35(33)44(34)36-24-25-41-45-37(36)23-22-27-10-8-21-40(47-41)43(27)45/h1-26H. The minimum atomic E-state index is 0.912. The van der Waals surface area contributed by atoms with E-state index >= 15 is 0 Å². The second-order valence-electron chi connectivity index (χ2n) is 12.8. The number of hydrogen-bond donors (Lipinski definition) is 0. The average molecular weight is 611 g/mol. The maximum Gasteiger partial charge on any atom is 0.143 e. The Kier molecular flexibility index (Phi) is 5.14. The lowest BCUT2D eigenvalue weighted by Gasteiger charge is -2.19. The number of furan rings is 2. The Balaban J connectivity index is 1.19. The van der Waals surface area contributed by atoms with E-state index in [-0.39, 0.29) is 0 Å². The molecule has 0 aliphatic carbocycles. The van der Waals surface area contributed by atoms with Crippen molar-refractivity contribution >= 4 is 76.2 Å². The van der Waals surface area contributed by atoms with Gasteiger partial charge in [0.25, 0.3) is 0 Å². The first-order valence-corrected chi connectivity index (χ1v) is 16.4. The van der Waals surface area contributed by atoms with E-state index in [4.69, 9.17) is 8.83 Å². The lowest BCUT2D eigenvalue weighted by atomic mass is 9.84. The summed E-state index contributed by atoms with van der Waals surface area (Å²) in [4.78, 5) is 0. The van der Waals surface area contributed by atoms with Gasteiger partial charge in [0.1, 0.15) is 22.3 Å². The smallest absolute Gasteiger partial charge is 0.143 e. The fourth-order valence-corrected chi connectivity index (χ4v) is 8.21. The highest BCUT2D eigenvalue weighted by Crippen LogP contribution is 2.48. The molecule has 11 aromatic rings. The summed E-state index contributed by atoms with van der Waals surface area (Å²) in [6.45, 7) is 0. The highest BCUT2D eigenvalue weighted by Gasteiger charge is 2.21. The third-order valence-corrected chi connectivity index (χ3v) is 10.2. The van der Waals surface area contributed by atoms with Crippen LogP contribution in [-0.4, -0.2) is 0 Å². The summed E-state index contributed by atoms with van der Waals surface area (Å²) in [6.07, 6.45) is 0. The van der Waals surface area contributed by atoms with Crippen LogP contribution in [0, 0.1) is 0 Å². The SMILES string of the molecule is c1cc(-c2c3ccccc3c(-c3ccc4oc5cccc6ccc3c4c65)c3ccccc23)cc(-c2cccc3c2oc2ccccc23)c1. The van der Waals surface area contributed by atoms with Crippen molar-refractivity contribution in [3.63, 3.8) is 0 Å². The van der Waals surface area contributed by atoms with Gasteiger partial charge in [-0.15, -0.1) is 0 Å². The second kappa shape index (κ2) is 9.57. The number of rotatable bonds is 3. The first-order valence-electron chi connectivity index (χ1n) is 16.4. The van der Waals surface area contributed by atoms with E-state index in [0.717, 1.165) is 44.2 Å². The Morgan fingerprint density at radius 3 is 1.75 bits per heavy atom. The number of benzene rings is 9. The zero-order chi connectivity index (χ0) is 31.3. The van der Waals surface area contributed by atoms with E-state index in [1.807, 2.05) is 12.1 Å². The predicted octanol–water partition coefficient (Wildman–Crippen LogP) is 13.4. The molecule has 0 amide bonds. The van der Waals surface area contributed by atoms with Crippen LogP contribution in [0.4, 0.5) is 0 Å². The maximum absolute atomic E-state index is 6.45. The van der Waals surface area contributed by atoms with Crippen LogP contribution in [0.1, 0.15) is 0 Å². The van der Waals surface area contributed by atoms with Crippen molar-refractivity contribution in [1.82, 2.24) is 0 Å². The van der Waals surface area contributed by atoms with Crippen LogP contribution in [0.5, 0.6) is 0 Å². The van der Waals surface area contributed by atoms with Crippen LogP contribution in [0.15, 0.2) is 167 Å². The first kappa shape index (κ1) is 25.8. The van der Waals surface area contributed by atoms with E-state index in [1.165, 1.54) is 65.3 Å². The van der Waals surface area contributed by atoms with Gasteiger partial charge >= 0.3 is 0 Å². The molecule has 0 radical (unpaired) electrons. The summed E-state index contributed by atoms with van der Waals surface area (Å²) in [5.74, 6) is 0.